The van der Waals surface area contributed by atoms with Crippen molar-refractivity contribution in [3.63, 3.8) is 0 Å². The molecule has 0 aromatic heterocycles. The molecule has 0 fully saturated rings. The van der Waals surface area contributed by atoms with Crippen LogP contribution in [0.4, 0.5) is 15.8 Å². The van der Waals surface area contributed by atoms with Gasteiger partial charge in [-0.15, -0.1) is 0 Å². The fourth-order valence-electron chi connectivity index (χ4n) is 1.95. The third-order valence-electron chi connectivity index (χ3n) is 3.20. The molecule has 0 heterocycles. The predicted octanol–water partition coefficient (Wildman–Crippen LogP) is 3.52. The maximum absolute atomic E-state index is 14.1. The van der Waals surface area contributed by atoms with Gasteiger partial charge in [0, 0.05) is 12.7 Å². The highest BCUT2D eigenvalue weighted by molar-refractivity contribution is 5.64. The fourth-order valence-corrected chi connectivity index (χ4v) is 1.95. The molecule has 2 aromatic rings. The van der Waals surface area contributed by atoms with Gasteiger partial charge in [0.25, 0.3) is 0 Å². The molecule has 1 N–H and O–H groups in total. The highest BCUT2D eigenvalue weighted by atomic mass is 19.1. The molecule has 0 spiro atoms. The SMILES string of the molecule is CC(O)c1ccc(N(C)c2ccc(C#N)cc2)c(F)c1. The zero-order valence-corrected chi connectivity index (χ0v) is 11.3. The van der Waals surface area contributed by atoms with Gasteiger partial charge < -0.3 is 10.0 Å². The van der Waals surface area contributed by atoms with Crippen LogP contribution in [-0.4, -0.2) is 12.2 Å². The van der Waals surface area contributed by atoms with E-state index in [0.29, 0.717) is 16.8 Å². The second-order valence-corrected chi connectivity index (χ2v) is 4.60. The highest BCUT2D eigenvalue weighted by Gasteiger charge is 2.12. The molecule has 1 unspecified atom stereocenters. The number of halogens is 1. The lowest BCUT2D eigenvalue weighted by atomic mass is 10.1. The topological polar surface area (TPSA) is 47.3 Å². The smallest absolute Gasteiger partial charge is 0.147 e. The summed E-state index contributed by atoms with van der Waals surface area (Å²) in [4.78, 5) is 1.70. The molecular weight excluding hydrogens is 255 g/mol. The molecule has 0 aliphatic rings. The van der Waals surface area contributed by atoms with Crippen LogP contribution < -0.4 is 4.90 Å². The number of benzene rings is 2. The van der Waals surface area contributed by atoms with Crippen molar-refractivity contribution in [1.29, 1.82) is 5.26 Å². The fraction of sp³-hybridized carbons (Fsp3) is 0.188. The van der Waals surface area contributed by atoms with Crippen LogP contribution in [0, 0.1) is 17.1 Å². The van der Waals surface area contributed by atoms with Crippen molar-refractivity contribution in [2.24, 2.45) is 0 Å². The van der Waals surface area contributed by atoms with Crippen molar-refractivity contribution in [1.82, 2.24) is 0 Å². The Hall–Kier alpha value is -2.38. The summed E-state index contributed by atoms with van der Waals surface area (Å²) in [5, 5.41) is 18.2. The zero-order chi connectivity index (χ0) is 14.7. The summed E-state index contributed by atoms with van der Waals surface area (Å²) in [6.45, 7) is 1.60. The number of aliphatic hydroxyl groups excluding tert-OH is 1. The van der Waals surface area contributed by atoms with Crippen LogP contribution in [0.5, 0.6) is 0 Å². The molecule has 4 heteroatoms. The third-order valence-corrected chi connectivity index (χ3v) is 3.20. The lowest BCUT2D eigenvalue weighted by molar-refractivity contribution is 0.199. The quantitative estimate of drug-likeness (QED) is 0.928. The summed E-state index contributed by atoms with van der Waals surface area (Å²) in [7, 11) is 1.75. The van der Waals surface area contributed by atoms with Crippen LogP contribution in [-0.2, 0) is 0 Å². The lowest BCUT2D eigenvalue weighted by Gasteiger charge is -2.21. The predicted molar refractivity (Wildman–Crippen MR) is 76.3 cm³/mol. The van der Waals surface area contributed by atoms with E-state index >= 15 is 0 Å². The molecule has 102 valence electrons. The minimum Gasteiger partial charge on any atom is -0.389 e. The van der Waals surface area contributed by atoms with E-state index in [1.165, 1.54) is 6.07 Å². The number of rotatable bonds is 3. The Morgan fingerprint density at radius 1 is 1.20 bits per heavy atom. The average Bonchev–Trinajstić information content (AvgIpc) is 2.46. The van der Waals surface area contributed by atoms with Gasteiger partial charge in [-0.25, -0.2) is 4.39 Å². The molecule has 2 rings (SSSR count). The van der Waals surface area contributed by atoms with E-state index in [4.69, 9.17) is 5.26 Å². The maximum atomic E-state index is 14.1. The van der Waals surface area contributed by atoms with Crippen molar-refractivity contribution in [3.05, 3.63) is 59.4 Å². The minimum atomic E-state index is -0.696. The molecule has 0 aliphatic heterocycles. The van der Waals surface area contributed by atoms with E-state index in [1.807, 2.05) is 6.07 Å². The molecule has 2 aromatic carbocycles. The first-order chi connectivity index (χ1) is 9.52. The largest absolute Gasteiger partial charge is 0.389 e. The Balaban J connectivity index is 2.33. The van der Waals surface area contributed by atoms with Gasteiger partial charge in [0.15, 0.2) is 0 Å². The lowest BCUT2D eigenvalue weighted by Crippen LogP contribution is -2.11. The number of nitriles is 1. The molecule has 0 saturated carbocycles. The van der Waals surface area contributed by atoms with E-state index in [2.05, 4.69) is 0 Å². The van der Waals surface area contributed by atoms with Crippen molar-refractivity contribution in [3.8, 4) is 6.07 Å². The van der Waals surface area contributed by atoms with Crippen molar-refractivity contribution >= 4 is 11.4 Å². The van der Waals surface area contributed by atoms with Crippen LogP contribution in [0.3, 0.4) is 0 Å². The van der Waals surface area contributed by atoms with Gasteiger partial charge in [0.2, 0.25) is 0 Å². The minimum absolute atomic E-state index is 0.393. The number of aliphatic hydroxyl groups is 1. The first kappa shape index (κ1) is 14.0. The average molecular weight is 270 g/mol. The summed E-state index contributed by atoms with van der Waals surface area (Å²) in [5.41, 5.74) is 2.30. The number of nitrogens with zero attached hydrogens (tertiary/aromatic N) is 2. The van der Waals surface area contributed by atoms with Gasteiger partial charge in [-0.1, -0.05) is 6.07 Å². The zero-order valence-electron chi connectivity index (χ0n) is 11.3. The summed E-state index contributed by atoms with van der Waals surface area (Å²) >= 11 is 0. The van der Waals surface area contributed by atoms with Crippen molar-refractivity contribution < 1.29 is 9.50 Å². The van der Waals surface area contributed by atoms with E-state index in [-0.39, 0.29) is 0 Å². The molecule has 0 amide bonds. The molecule has 0 radical (unpaired) electrons. The Bertz CT molecular complexity index is 645. The van der Waals surface area contributed by atoms with Gasteiger partial charge >= 0.3 is 0 Å². The first-order valence-corrected chi connectivity index (χ1v) is 6.24. The molecular formula is C16H15FN2O. The molecule has 0 bridgehead atoms. The summed E-state index contributed by atoms with van der Waals surface area (Å²) in [6.07, 6.45) is -0.696. The van der Waals surface area contributed by atoms with Gasteiger partial charge in [-0.3, -0.25) is 0 Å². The first-order valence-electron chi connectivity index (χ1n) is 6.24. The van der Waals surface area contributed by atoms with Crippen molar-refractivity contribution in [2.45, 2.75) is 13.0 Å². The van der Waals surface area contributed by atoms with Gasteiger partial charge in [0.1, 0.15) is 5.82 Å². The Morgan fingerprint density at radius 3 is 2.35 bits per heavy atom. The Kier molecular flexibility index (Phi) is 4.02. The second kappa shape index (κ2) is 5.72. The molecule has 0 aliphatic carbocycles. The normalized spacial score (nSPS) is 11.8. The summed E-state index contributed by atoms with van der Waals surface area (Å²) in [5.74, 6) is -0.393. The van der Waals surface area contributed by atoms with Crippen LogP contribution in [0.2, 0.25) is 0 Å². The highest BCUT2D eigenvalue weighted by Crippen LogP contribution is 2.28. The van der Waals surface area contributed by atoms with E-state index in [0.717, 1.165) is 5.69 Å². The van der Waals surface area contributed by atoms with Crippen LogP contribution in [0.1, 0.15) is 24.2 Å². The molecule has 3 nitrogen and oxygen atoms in total. The standard InChI is InChI=1S/C16H15FN2O/c1-11(20)13-5-8-16(15(17)9-13)19(2)14-6-3-12(10-18)4-7-14/h3-9,11,20H,1-2H3. The number of anilines is 2. The number of hydrogen-bond acceptors (Lipinski definition) is 3. The second-order valence-electron chi connectivity index (χ2n) is 4.60. The molecule has 0 saturated heterocycles. The number of hydrogen-bond donors (Lipinski definition) is 1. The maximum Gasteiger partial charge on any atom is 0.147 e. The monoisotopic (exact) mass is 270 g/mol. The third kappa shape index (κ3) is 2.79. The van der Waals surface area contributed by atoms with Crippen molar-refractivity contribution in [2.75, 3.05) is 11.9 Å². The van der Waals surface area contributed by atoms with Crippen LogP contribution in [0.25, 0.3) is 0 Å². The van der Waals surface area contributed by atoms with E-state index < -0.39 is 11.9 Å². The van der Waals surface area contributed by atoms with Crippen LogP contribution in [0.15, 0.2) is 42.5 Å². The molecule has 1 atom stereocenters. The summed E-state index contributed by atoms with van der Waals surface area (Å²) in [6, 6.07) is 13.6. The van der Waals surface area contributed by atoms with Crippen LogP contribution >= 0.6 is 0 Å². The van der Waals surface area contributed by atoms with Gasteiger partial charge in [0.05, 0.1) is 23.4 Å². The summed E-state index contributed by atoms with van der Waals surface area (Å²) < 4.78 is 14.1. The van der Waals surface area contributed by atoms with E-state index in [1.54, 1.807) is 55.3 Å². The van der Waals surface area contributed by atoms with Gasteiger partial charge in [-0.2, -0.15) is 5.26 Å². The molecule has 20 heavy (non-hydrogen) atoms. The van der Waals surface area contributed by atoms with Gasteiger partial charge in [-0.05, 0) is 48.9 Å². The van der Waals surface area contributed by atoms with E-state index in [9.17, 15) is 9.50 Å². The Morgan fingerprint density at radius 2 is 1.85 bits per heavy atom. The Labute approximate surface area is 117 Å².